The van der Waals surface area contributed by atoms with E-state index in [1.807, 2.05) is 30.9 Å². The lowest BCUT2D eigenvalue weighted by Gasteiger charge is -2.15. The molecule has 2 heterocycles. The van der Waals surface area contributed by atoms with Crippen molar-refractivity contribution in [3.8, 4) is 0 Å². The molecular weight excluding hydrogens is 270 g/mol. The summed E-state index contributed by atoms with van der Waals surface area (Å²) in [7, 11) is 4.00. The molecule has 2 rings (SSSR count). The molecule has 0 spiro atoms. The minimum Gasteiger partial charge on any atom is -0.382 e. The van der Waals surface area contributed by atoms with Crippen LogP contribution in [0.2, 0.25) is 5.02 Å². The summed E-state index contributed by atoms with van der Waals surface area (Å²) >= 11 is 7.67. The van der Waals surface area contributed by atoms with Gasteiger partial charge in [-0.2, -0.15) is 16.4 Å². The van der Waals surface area contributed by atoms with Gasteiger partial charge in [-0.25, -0.2) is 0 Å². The third-order valence-corrected chi connectivity index (χ3v) is 3.70. The van der Waals surface area contributed by atoms with E-state index in [-0.39, 0.29) is 0 Å². The number of hydrogen-bond acceptors (Lipinski definition) is 4. The normalized spacial score (nSPS) is 13.2. The first-order valence-electron chi connectivity index (χ1n) is 5.65. The van der Waals surface area contributed by atoms with Gasteiger partial charge in [-0.3, -0.25) is 4.68 Å². The third-order valence-electron chi connectivity index (χ3n) is 2.71. The van der Waals surface area contributed by atoms with Gasteiger partial charge >= 0.3 is 0 Å². The van der Waals surface area contributed by atoms with E-state index in [0.29, 0.717) is 17.3 Å². The molecule has 0 saturated carbocycles. The van der Waals surface area contributed by atoms with Crippen molar-refractivity contribution in [1.29, 1.82) is 0 Å². The Bertz CT molecular complexity index is 495. The van der Waals surface area contributed by atoms with E-state index in [4.69, 9.17) is 11.6 Å². The second-order valence-corrected chi connectivity index (χ2v) is 5.55. The van der Waals surface area contributed by atoms with Crippen molar-refractivity contribution in [1.82, 2.24) is 14.7 Å². The zero-order valence-electron chi connectivity index (χ0n) is 10.4. The first kappa shape index (κ1) is 13.5. The smallest absolute Gasteiger partial charge is 0.123 e. The summed E-state index contributed by atoms with van der Waals surface area (Å²) in [6, 6.07) is 1.90. The predicted molar refractivity (Wildman–Crippen MR) is 74.2 cm³/mol. The number of aliphatic hydroxyl groups excluding tert-OH is 1. The molecule has 2 aromatic heterocycles. The fourth-order valence-corrected chi connectivity index (χ4v) is 2.63. The highest BCUT2D eigenvalue weighted by Gasteiger charge is 2.20. The molecule has 98 valence electrons. The number of aromatic nitrogens is 2. The Balaban J connectivity index is 2.23. The summed E-state index contributed by atoms with van der Waals surface area (Å²) in [6.07, 6.45) is 0.871. The molecule has 0 amide bonds. The fourth-order valence-electron chi connectivity index (χ4n) is 1.71. The lowest BCUT2D eigenvalue weighted by Crippen LogP contribution is -2.21. The maximum Gasteiger partial charge on any atom is 0.123 e. The molecule has 0 saturated heterocycles. The molecule has 6 heteroatoms. The van der Waals surface area contributed by atoms with Gasteiger partial charge in [0.2, 0.25) is 0 Å². The molecule has 0 bridgehead atoms. The number of likely N-dealkylation sites (N-methyl/N-ethyl adjacent to an activating group) is 1. The van der Waals surface area contributed by atoms with Gasteiger partial charge in [0, 0.05) is 6.54 Å². The topological polar surface area (TPSA) is 41.3 Å². The number of rotatable bonds is 5. The number of nitrogens with zero attached hydrogens (tertiary/aromatic N) is 3. The van der Waals surface area contributed by atoms with E-state index in [2.05, 4.69) is 10.00 Å². The summed E-state index contributed by atoms with van der Waals surface area (Å²) in [5.74, 6) is 0. The Kier molecular flexibility index (Phi) is 4.40. The van der Waals surface area contributed by atoms with Crippen molar-refractivity contribution in [2.45, 2.75) is 12.6 Å². The number of hydrogen-bond donors (Lipinski definition) is 1. The van der Waals surface area contributed by atoms with Crippen molar-refractivity contribution in [2.24, 2.45) is 0 Å². The molecule has 1 N–H and O–H groups in total. The highest BCUT2D eigenvalue weighted by Crippen LogP contribution is 2.29. The van der Waals surface area contributed by atoms with Crippen LogP contribution in [-0.4, -0.2) is 40.4 Å². The molecule has 18 heavy (non-hydrogen) atoms. The molecule has 1 unspecified atom stereocenters. The quantitative estimate of drug-likeness (QED) is 0.916. The highest BCUT2D eigenvalue weighted by atomic mass is 35.5. The highest BCUT2D eigenvalue weighted by molar-refractivity contribution is 7.07. The minimum atomic E-state index is -0.714. The number of aliphatic hydroxyl groups is 1. The van der Waals surface area contributed by atoms with E-state index in [9.17, 15) is 5.11 Å². The molecule has 0 aliphatic carbocycles. The van der Waals surface area contributed by atoms with Crippen molar-refractivity contribution in [3.05, 3.63) is 39.3 Å². The Morgan fingerprint density at radius 2 is 2.33 bits per heavy atom. The Morgan fingerprint density at radius 1 is 1.56 bits per heavy atom. The predicted octanol–water partition coefficient (Wildman–Crippen LogP) is 2.24. The lowest BCUT2D eigenvalue weighted by atomic mass is 10.1. The lowest BCUT2D eigenvalue weighted by molar-refractivity contribution is 0.206. The third kappa shape index (κ3) is 2.92. The van der Waals surface area contributed by atoms with Gasteiger partial charge in [0.1, 0.15) is 6.10 Å². The maximum atomic E-state index is 10.3. The molecule has 0 radical (unpaired) electrons. The second kappa shape index (κ2) is 5.84. The van der Waals surface area contributed by atoms with Crippen LogP contribution in [0.1, 0.15) is 17.4 Å². The van der Waals surface area contributed by atoms with Crippen LogP contribution in [0.4, 0.5) is 0 Å². The van der Waals surface area contributed by atoms with E-state index in [0.717, 1.165) is 12.1 Å². The second-order valence-electron chi connectivity index (χ2n) is 4.36. The summed E-state index contributed by atoms with van der Waals surface area (Å²) in [4.78, 5) is 2.07. The summed E-state index contributed by atoms with van der Waals surface area (Å²) in [6.45, 7) is 1.55. The van der Waals surface area contributed by atoms with Gasteiger partial charge in [0.05, 0.1) is 23.5 Å². The van der Waals surface area contributed by atoms with E-state index >= 15 is 0 Å². The van der Waals surface area contributed by atoms with Gasteiger partial charge in [0.15, 0.2) is 0 Å². The van der Waals surface area contributed by atoms with Crippen molar-refractivity contribution < 1.29 is 5.11 Å². The Labute approximate surface area is 115 Å². The van der Waals surface area contributed by atoms with Crippen LogP contribution < -0.4 is 0 Å². The average molecular weight is 286 g/mol. The van der Waals surface area contributed by atoms with Crippen molar-refractivity contribution in [2.75, 3.05) is 20.6 Å². The van der Waals surface area contributed by atoms with Crippen LogP contribution in [0.3, 0.4) is 0 Å². The number of thiophene rings is 1. The first-order chi connectivity index (χ1) is 8.59. The zero-order valence-corrected chi connectivity index (χ0v) is 11.9. The van der Waals surface area contributed by atoms with Crippen LogP contribution in [0, 0.1) is 0 Å². The Hall–Kier alpha value is -0.880. The number of halogens is 1. The molecule has 0 fully saturated rings. The summed E-state index contributed by atoms with van der Waals surface area (Å²) < 4.78 is 1.77. The maximum absolute atomic E-state index is 10.3. The van der Waals surface area contributed by atoms with Gasteiger partial charge < -0.3 is 10.0 Å². The van der Waals surface area contributed by atoms with Gasteiger partial charge in [0.25, 0.3) is 0 Å². The summed E-state index contributed by atoms with van der Waals surface area (Å²) in [5.41, 5.74) is 1.52. The fraction of sp³-hybridized carbons (Fsp3) is 0.417. The first-order valence-corrected chi connectivity index (χ1v) is 6.97. The molecular formula is C12H16ClN3OS. The average Bonchev–Trinajstić information content (AvgIpc) is 2.94. The monoisotopic (exact) mass is 285 g/mol. The van der Waals surface area contributed by atoms with E-state index in [1.54, 1.807) is 22.2 Å². The van der Waals surface area contributed by atoms with Gasteiger partial charge in [-0.15, -0.1) is 0 Å². The van der Waals surface area contributed by atoms with Crippen LogP contribution in [-0.2, 0) is 6.54 Å². The van der Waals surface area contributed by atoms with E-state index < -0.39 is 6.10 Å². The van der Waals surface area contributed by atoms with Gasteiger partial charge in [-0.1, -0.05) is 11.6 Å². The molecule has 0 aromatic carbocycles. The van der Waals surface area contributed by atoms with Crippen LogP contribution in [0.15, 0.2) is 23.0 Å². The summed E-state index contributed by atoms with van der Waals surface area (Å²) in [5, 5.41) is 18.9. The molecule has 2 aromatic rings. The van der Waals surface area contributed by atoms with Gasteiger partial charge in [-0.05, 0) is 36.5 Å². The van der Waals surface area contributed by atoms with E-state index in [1.165, 1.54) is 0 Å². The van der Waals surface area contributed by atoms with Crippen molar-refractivity contribution >= 4 is 22.9 Å². The largest absolute Gasteiger partial charge is 0.382 e. The molecule has 4 nitrogen and oxygen atoms in total. The zero-order chi connectivity index (χ0) is 13.1. The SMILES string of the molecule is CN(C)CCn1ncc(Cl)c1C(O)c1ccsc1. The standard InChI is InChI=1S/C12H16ClN3OS/c1-15(2)4-5-16-11(10(13)7-14-16)12(17)9-3-6-18-8-9/h3,6-8,12,17H,4-5H2,1-2H3. The molecule has 1 atom stereocenters. The van der Waals surface area contributed by atoms with Crippen LogP contribution >= 0.6 is 22.9 Å². The molecule has 0 aliphatic heterocycles. The molecule has 0 aliphatic rings. The van der Waals surface area contributed by atoms with Crippen LogP contribution in [0.5, 0.6) is 0 Å². The van der Waals surface area contributed by atoms with Crippen molar-refractivity contribution in [3.63, 3.8) is 0 Å². The minimum absolute atomic E-state index is 0.507. The van der Waals surface area contributed by atoms with Crippen LogP contribution in [0.25, 0.3) is 0 Å². The Morgan fingerprint density at radius 3 is 2.94 bits per heavy atom.